The van der Waals surface area contributed by atoms with E-state index in [-0.39, 0.29) is 22.9 Å². The summed E-state index contributed by atoms with van der Waals surface area (Å²) in [6, 6.07) is 16.0. The predicted molar refractivity (Wildman–Crippen MR) is 141 cm³/mol. The van der Waals surface area contributed by atoms with Crippen molar-refractivity contribution >= 4 is 5.84 Å². The Hall–Kier alpha value is -2.93. The maximum atomic E-state index is 9.30. The summed E-state index contributed by atoms with van der Waals surface area (Å²) in [4.78, 5) is 0. The van der Waals surface area contributed by atoms with Crippen LogP contribution in [0.15, 0.2) is 53.8 Å². The van der Waals surface area contributed by atoms with Gasteiger partial charge in [0.25, 0.3) is 0 Å². The molecular formula is C29H40N4O3. The van der Waals surface area contributed by atoms with E-state index in [9.17, 15) is 5.41 Å². The van der Waals surface area contributed by atoms with E-state index in [0.29, 0.717) is 30.3 Å². The molecule has 1 unspecified atom stereocenters. The normalized spacial score (nSPS) is 23.7. The lowest BCUT2D eigenvalue weighted by Crippen LogP contribution is -2.38. The monoisotopic (exact) mass is 492 g/mol. The van der Waals surface area contributed by atoms with Crippen molar-refractivity contribution in [1.82, 2.24) is 5.01 Å². The first kappa shape index (κ1) is 26.1. The molecule has 1 heterocycles. The van der Waals surface area contributed by atoms with E-state index in [2.05, 4.69) is 31.2 Å². The Morgan fingerprint density at radius 3 is 2.39 bits per heavy atom. The molecule has 1 spiro atoms. The van der Waals surface area contributed by atoms with Gasteiger partial charge in [0.1, 0.15) is 5.84 Å². The van der Waals surface area contributed by atoms with E-state index < -0.39 is 0 Å². The van der Waals surface area contributed by atoms with Gasteiger partial charge >= 0.3 is 0 Å². The highest BCUT2D eigenvalue weighted by Gasteiger charge is 2.48. The van der Waals surface area contributed by atoms with Gasteiger partial charge in [-0.2, -0.15) is 5.53 Å². The summed E-state index contributed by atoms with van der Waals surface area (Å²) in [6.45, 7) is 5.68. The van der Waals surface area contributed by atoms with Crippen molar-refractivity contribution in [2.24, 2.45) is 16.6 Å². The summed E-state index contributed by atoms with van der Waals surface area (Å²) in [5.41, 5.74) is 10.2. The first-order valence-electron chi connectivity index (χ1n) is 12.9. The van der Waals surface area contributed by atoms with Gasteiger partial charge in [0.05, 0.1) is 26.4 Å². The van der Waals surface area contributed by atoms with Gasteiger partial charge in [-0.1, -0.05) is 47.7 Å². The largest absolute Gasteiger partial charge is 0.493 e. The van der Waals surface area contributed by atoms with Crippen molar-refractivity contribution in [3.63, 3.8) is 0 Å². The number of methoxy groups -OCH3 is 2. The molecule has 1 saturated carbocycles. The Balaban J connectivity index is 1.61. The molecule has 7 nitrogen and oxygen atoms in total. The molecule has 2 aromatic rings. The molecule has 7 heteroatoms. The lowest BCUT2D eigenvalue weighted by Gasteiger charge is -2.41. The molecule has 2 fully saturated rings. The molecule has 36 heavy (non-hydrogen) atoms. The average molecular weight is 493 g/mol. The van der Waals surface area contributed by atoms with Crippen LogP contribution in [0.2, 0.25) is 0 Å². The summed E-state index contributed by atoms with van der Waals surface area (Å²) in [5.74, 6) is 1.66. The first-order valence-corrected chi connectivity index (χ1v) is 12.9. The second-order valence-corrected chi connectivity index (χ2v) is 11.0. The van der Waals surface area contributed by atoms with Gasteiger partial charge in [-0.05, 0) is 75.3 Å². The van der Waals surface area contributed by atoms with Gasteiger partial charge < -0.3 is 14.2 Å². The van der Waals surface area contributed by atoms with Crippen molar-refractivity contribution in [2.75, 3.05) is 27.4 Å². The van der Waals surface area contributed by atoms with Crippen LogP contribution in [0, 0.1) is 22.3 Å². The van der Waals surface area contributed by atoms with Crippen LogP contribution >= 0.6 is 0 Å². The number of ether oxygens (including phenoxy) is 3. The van der Waals surface area contributed by atoms with Crippen molar-refractivity contribution in [3.8, 4) is 11.5 Å². The van der Waals surface area contributed by atoms with Crippen molar-refractivity contribution < 1.29 is 14.2 Å². The fourth-order valence-corrected chi connectivity index (χ4v) is 6.31. The quantitative estimate of drug-likeness (QED) is 0.178. The standard InChI is InChI=1S/C29H40N4O3/c1-28(2)19-29(20-36-28)16-13-22(14-17-29)25(23-11-8-12-24(34-3)26(23)35-4)27(30)33(32-31)18-15-21-9-6-5-7-10-21/h5-12,22,25,30-31H,13-20H2,1-4H3. The number of hydrogen-bond donors (Lipinski definition) is 2. The molecule has 1 atom stereocenters. The van der Waals surface area contributed by atoms with Gasteiger partial charge in [-0.25, -0.2) is 5.01 Å². The van der Waals surface area contributed by atoms with Crippen LogP contribution in [0.4, 0.5) is 0 Å². The zero-order valence-corrected chi connectivity index (χ0v) is 22.0. The van der Waals surface area contributed by atoms with Crippen LogP contribution in [0.25, 0.3) is 0 Å². The van der Waals surface area contributed by atoms with Gasteiger partial charge in [0.15, 0.2) is 11.5 Å². The minimum Gasteiger partial charge on any atom is -0.493 e. The molecule has 0 amide bonds. The minimum absolute atomic E-state index is 0.0622. The number of para-hydroxylation sites is 1. The smallest absolute Gasteiger partial charge is 0.164 e. The Bertz CT molecular complexity index is 1050. The van der Waals surface area contributed by atoms with Crippen LogP contribution < -0.4 is 9.47 Å². The zero-order valence-electron chi connectivity index (χ0n) is 22.0. The zero-order chi connectivity index (χ0) is 25.8. The van der Waals surface area contributed by atoms with E-state index >= 15 is 0 Å². The van der Waals surface area contributed by atoms with E-state index in [4.69, 9.17) is 19.7 Å². The number of nitrogens with zero attached hydrogens (tertiary/aromatic N) is 2. The second kappa shape index (κ2) is 11.0. The van der Waals surface area contributed by atoms with Crippen LogP contribution in [-0.2, 0) is 11.2 Å². The van der Waals surface area contributed by atoms with Gasteiger partial charge in [0, 0.05) is 18.0 Å². The molecule has 1 aliphatic carbocycles. The van der Waals surface area contributed by atoms with E-state index in [0.717, 1.165) is 49.8 Å². The van der Waals surface area contributed by atoms with E-state index in [1.807, 2.05) is 36.4 Å². The summed E-state index contributed by atoms with van der Waals surface area (Å²) in [6.07, 6.45) is 5.96. The van der Waals surface area contributed by atoms with Crippen molar-refractivity contribution in [3.05, 3.63) is 59.7 Å². The summed E-state index contributed by atoms with van der Waals surface area (Å²) < 4.78 is 17.5. The minimum atomic E-state index is -0.243. The highest BCUT2D eigenvalue weighted by molar-refractivity contribution is 5.87. The SMILES string of the molecule is COc1cccc(C(C(=N)N(CCc2ccccc2)N=N)C2CCC3(CC2)COC(C)(C)C3)c1OC. The van der Waals surface area contributed by atoms with Crippen LogP contribution in [0.3, 0.4) is 0 Å². The number of nitrogens with one attached hydrogen (secondary N) is 2. The fraction of sp³-hybridized carbons (Fsp3) is 0.552. The first-order chi connectivity index (χ1) is 17.3. The molecule has 2 N–H and O–H groups in total. The van der Waals surface area contributed by atoms with E-state index in [1.165, 1.54) is 0 Å². The predicted octanol–water partition coefficient (Wildman–Crippen LogP) is 6.63. The van der Waals surface area contributed by atoms with Crippen molar-refractivity contribution in [1.29, 1.82) is 10.9 Å². The van der Waals surface area contributed by atoms with Crippen molar-refractivity contribution in [2.45, 2.75) is 63.9 Å². The van der Waals surface area contributed by atoms with Crippen LogP contribution in [0.1, 0.15) is 63.0 Å². The number of benzene rings is 2. The highest BCUT2D eigenvalue weighted by atomic mass is 16.5. The third-order valence-corrected chi connectivity index (χ3v) is 8.05. The molecular weight excluding hydrogens is 452 g/mol. The highest BCUT2D eigenvalue weighted by Crippen LogP contribution is 2.53. The molecule has 1 saturated heterocycles. The lowest BCUT2D eigenvalue weighted by molar-refractivity contribution is 0.0268. The number of amidine groups is 1. The second-order valence-electron chi connectivity index (χ2n) is 11.0. The molecule has 1 aliphatic heterocycles. The number of rotatable bonds is 9. The summed E-state index contributed by atoms with van der Waals surface area (Å²) >= 11 is 0. The topological polar surface area (TPSA) is 91.0 Å². The van der Waals surface area contributed by atoms with Crippen LogP contribution in [0.5, 0.6) is 11.5 Å². The Morgan fingerprint density at radius 1 is 1.08 bits per heavy atom. The van der Waals surface area contributed by atoms with Gasteiger partial charge in [-0.15, -0.1) is 0 Å². The summed E-state index contributed by atoms with van der Waals surface area (Å²) in [7, 11) is 3.29. The molecule has 194 valence electrons. The Morgan fingerprint density at radius 2 is 1.81 bits per heavy atom. The third-order valence-electron chi connectivity index (χ3n) is 8.05. The Labute approximate surface area is 215 Å². The molecule has 4 rings (SSSR count). The molecule has 0 bridgehead atoms. The van der Waals surface area contributed by atoms with Gasteiger partial charge in [-0.3, -0.25) is 5.41 Å². The van der Waals surface area contributed by atoms with E-state index in [1.54, 1.807) is 19.2 Å². The summed E-state index contributed by atoms with van der Waals surface area (Å²) in [5, 5.41) is 14.6. The van der Waals surface area contributed by atoms with Gasteiger partial charge in [0.2, 0.25) is 0 Å². The maximum Gasteiger partial charge on any atom is 0.164 e. The number of hydrogen-bond acceptors (Lipinski definition) is 6. The fourth-order valence-electron chi connectivity index (χ4n) is 6.31. The molecule has 0 aromatic heterocycles. The molecule has 0 radical (unpaired) electrons. The molecule has 2 aromatic carbocycles. The maximum absolute atomic E-state index is 9.30. The van der Waals surface area contributed by atoms with Crippen LogP contribution in [-0.4, -0.2) is 43.8 Å². The third kappa shape index (κ3) is 5.56. The average Bonchev–Trinajstić information content (AvgIpc) is 3.19. The Kier molecular flexibility index (Phi) is 7.98. The molecule has 2 aliphatic rings. The lowest BCUT2D eigenvalue weighted by atomic mass is 9.64.